The van der Waals surface area contributed by atoms with Crippen molar-refractivity contribution in [1.29, 1.82) is 0 Å². The fraction of sp³-hybridized carbons (Fsp3) is 0.409. The number of aromatic nitrogens is 3. The van der Waals surface area contributed by atoms with Gasteiger partial charge in [0.2, 0.25) is 0 Å². The maximum Gasteiger partial charge on any atom is 0.151 e. The van der Waals surface area contributed by atoms with Crippen LogP contribution in [0.1, 0.15) is 19.3 Å². The first-order valence-corrected chi connectivity index (χ1v) is 10.0. The number of halogens is 1. The Balaban J connectivity index is 1.41. The van der Waals surface area contributed by atoms with Gasteiger partial charge in [-0.1, -0.05) is 0 Å². The zero-order chi connectivity index (χ0) is 20.1. The Kier molecular flexibility index (Phi) is 4.35. The fourth-order valence-corrected chi connectivity index (χ4v) is 4.90. The summed E-state index contributed by atoms with van der Waals surface area (Å²) in [6.07, 6.45) is 5.33. The van der Waals surface area contributed by atoms with Crippen molar-refractivity contribution in [1.82, 2.24) is 20.1 Å². The van der Waals surface area contributed by atoms with Crippen LogP contribution in [0.5, 0.6) is 5.75 Å². The van der Waals surface area contributed by atoms with Crippen molar-refractivity contribution in [3.63, 3.8) is 0 Å². The topological polar surface area (TPSA) is 65.4 Å². The van der Waals surface area contributed by atoms with E-state index in [9.17, 15) is 5.11 Å². The standard InChI is InChI=1S/C22H24FN5O/c1-27-15-3-5-18(27)22(23)19(11-15)28(2)21-6-4-17(25-26-21)16-9-14-12-24-8-7-13(14)10-20(16)29/h4,6-10,12,15,18-19,22,29H,3,5,11H2,1-2H3/t15-,18+,19-,22+/m0/s1. The molecule has 0 aliphatic carbocycles. The quantitative estimate of drug-likeness (QED) is 0.736. The maximum atomic E-state index is 15.1. The Morgan fingerprint density at radius 2 is 2.00 bits per heavy atom. The molecule has 5 rings (SSSR count). The van der Waals surface area contributed by atoms with Crippen molar-refractivity contribution in [3.8, 4) is 17.0 Å². The van der Waals surface area contributed by atoms with Crippen LogP contribution in [0, 0.1) is 0 Å². The molecule has 2 saturated heterocycles. The summed E-state index contributed by atoms with van der Waals surface area (Å²) in [5.41, 5.74) is 1.18. The van der Waals surface area contributed by atoms with E-state index in [1.807, 2.05) is 43.3 Å². The van der Waals surface area contributed by atoms with Crippen LogP contribution in [0.3, 0.4) is 0 Å². The van der Waals surface area contributed by atoms with E-state index in [1.54, 1.807) is 18.5 Å². The molecule has 2 aromatic heterocycles. The first-order valence-electron chi connectivity index (χ1n) is 10.0. The van der Waals surface area contributed by atoms with Gasteiger partial charge < -0.3 is 10.0 Å². The smallest absolute Gasteiger partial charge is 0.151 e. The molecule has 1 N–H and O–H groups in total. The van der Waals surface area contributed by atoms with Crippen LogP contribution < -0.4 is 4.90 Å². The molecule has 2 fully saturated rings. The third kappa shape index (κ3) is 3.00. The minimum absolute atomic E-state index is 0.00316. The third-order valence-electron chi connectivity index (χ3n) is 6.68. The van der Waals surface area contributed by atoms with Crippen molar-refractivity contribution in [3.05, 3.63) is 42.7 Å². The summed E-state index contributed by atoms with van der Waals surface area (Å²) in [5, 5.41) is 20.9. The van der Waals surface area contributed by atoms with Gasteiger partial charge in [0.25, 0.3) is 0 Å². The van der Waals surface area contributed by atoms with Crippen LogP contribution in [-0.4, -0.2) is 63.6 Å². The fourth-order valence-electron chi connectivity index (χ4n) is 4.90. The number of phenols is 1. The molecule has 29 heavy (non-hydrogen) atoms. The average molecular weight is 393 g/mol. The Labute approximate surface area is 169 Å². The summed E-state index contributed by atoms with van der Waals surface area (Å²) in [6, 6.07) is 9.34. The number of rotatable bonds is 3. The Hall–Kier alpha value is -2.80. The number of benzene rings is 1. The summed E-state index contributed by atoms with van der Waals surface area (Å²) in [5.74, 6) is 0.794. The number of hydrogen-bond acceptors (Lipinski definition) is 6. The molecule has 0 unspecified atom stereocenters. The Bertz CT molecular complexity index is 1040. The minimum atomic E-state index is -0.901. The van der Waals surface area contributed by atoms with Crippen LogP contribution in [0.2, 0.25) is 0 Å². The van der Waals surface area contributed by atoms with E-state index in [-0.39, 0.29) is 17.8 Å². The molecule has 0 saturated carbocycles. The molecular formula is C22H24FN5O. The lowest BCUT2D eigenvalue weighted by atomic mass is 9.95. The molecule has 2 bridgehead atoms. The molecule has 2 aliphatic heterocycles. The normalized spacial score (nSPS) is 26.7. The Morgan fingerprint density at radius 1 is 1.14 bits per heavy atom. The number of anilines is 1. The number of aromatic hydroxyl groups is 1. The summed E-state index contributed by atoms with van der Waals surface area (Å²) >= 11 is 0. The molecular weight excluding hydrogens is 369 g/mol. The van der Waals surface area contributed by atoms with E-state index in [2.05, 4.69) is 20.1 Å². The number of hydrogen-bond donors (Lipinski definition) is 1. The second-order valence-corrected chi connectivity index (χ2v) is 8.19. The van der Waals surface area contributed by atoms with Crippen molar-refractivity contribution < 1.29 is 9.50 Å². The molecule has 0 radical (unpaired) electrons. The van der Waals surface area contributed by atoms with E-state index < -0.39 is 6.17 Å². The van der Waals surface area contributed by atoms with E-state index in [1.165, 1.54) is 0 Å². The highest BCUT2D eigenvalue weighted by molar-refractivity contribution is 5.89. The van der Waals surface area contributed by atoms with Gasteiger partial charge >= 0.3 is 0 Å². The first-order chi connectivity index (χ1) is 14.0. The number of phenolic OH excluding ortho intramolecular Hbond substituents is 1. The molecule has 6 nitrogen and oxygen atoms in total. The summed E-state index contributed by atoms with van der Waals surface area (Å²) < 4.78 is 15.1. The molecule has 0 amide bonds. The molecule has 2 aliphatic rings. The van der Waals surface area contributed by atoms with Crippen LogP contribution in [0.15, 0.2) is 42.7 Å². The van der Waals surface area contributed by atoms with Crippen LogP contribution >= 0.6 is 0 Å². The average Bonchev–Trinajstić information content (AvgIpc) is 3.00. The lowest BCUT2D eigenvalue weighted by Gasteiger charge is -2.43. The second kappa shape index (κ2) is 6.91. The van der Waals surface area contributed by atoms with Crippen molar-refractivity contribution in [2.45, 2.75) is 43.6 Å². The van der Waals surface area contributed by atoms with Gasteiger partial charge in [-0.3, -0.25) is 9.88 Å². The molecule has 4 heterocycles. The van der Waals surface area contributed by atoms with Gasteiger partial charge in [0.15, 0.2) is 5.82 Å². The van der Waals surface area contributed by atoms with E-state index in [0.29, 0.717) is 23.1 Å². The molecule has 0 spiro atoms. The van der Waals surface area contributed by atoms with E-state index >= 15 is 4.39 Å². The minimum Gasteiger partial charge on any atom is -0.507 e. The maximum absolute atomic E-state index is 15.1. The first kappa shape index (κ1) is 18.2. The number of nitrogens with zero attached hydrogens (tertiary/aromatic N) is 5. The zero-order valence-corrected chi connectivity index (χ0v) is 16.5. The number of alkyl halides is 1. The SMILES string of the molecule is CN(c1ccc(-c2cc3cnccc3cc2O)nn1)[C@H]1C[C@@H]2CC[C@H]([C@H]1F)N2C. The van der Waals surface area contributed by atoms with E-state index in [0.717, 1.165) is 30.0 Å². The van der Waals surface area contributed by atoms with Crippen molar-refractivity contribution in [2.75, 3.05) is 19.0 Å². The van der Waals surface area contributed by atoms with Gasteiger partial charge in [0.1, 0.15) is 11.9 Å². The Morgan fingerprint density at radius 3 is 2.79 bits per heavy atom. The van der Waals surface area contributed by atoms with Crippen molar-refractivity contribution >= 4 is 16.6 Å². The van der Waals surface area contributed by atoms with Gasteiger partial charge in [0.05, 0.1) is 11.7 Å². The van der Waals surface area contributed by atoms with E-state index in [4.69, 9.17) is 0 Å². The largest absolute Gasteiger partial charge is 0.507 e. The highest BCUT2D eigenvalue weighted by Crippen LogP contribution is 2.39. The molecule has 3 aromatic rings. The highest BCUT2D eigenvalue weighted by Gasteiger charge is 2.47. The lowest BCUT2D eigenvalue weighted by molar-refractivity contribution is 0.0701. The number of pyridine rings is 1. The van der Waals surface area contributed by atoms with Gasteiger partial charge in [-0.05, 0) is 62.0 Å². The van der Waals surface area contributed by atoms with Crippen LogP contribution in [0.4, 0.5) is 10.2 Å². The van der Waals surface area contributed by atoms with Gasteiger partial charge in [-0.25, -0.2) is 4.39 Å². The summed E-state index contributed by atoms with van der Waals surface area (Å²) in [7, 11) is 3.93. The van der Waals surface area contributed by atoms with Crippen LogP contribution in [0.25, 0.3) is 22.0 Å². The lowest BCUT2D eigenvalue weighted by Crippen LogP contribution is -2.56. The third-order valence-corrected chi connectivity index (χ3v) is 6.68. The summed E-state index contributed by atoms with van der Waals surface area (Å²) in [6.45, 7) is 0. The van der Waals surface area contributed by atoms with Gasteiger partial charge in [-0.15, -0.1) is 10.2 Å². The predicted octanol–water partition coefficient (Wildman–Crippen LogP) is 3.41. The molecule has 150 valence electrons. The number of fused-ring (bicyclic) bond motifs is 3. The molecule has 4 atom stereocenters. The van der Waals surface area contributed by atoms with Crippen LogP contribution in [-0.2, 0) is 0 Å². The zero-order valence-electron chi connectivity index (χ0n) is 16.5. The highest BCUT2D eigenvalue weighted by atomic mass is 19.1. The molecule has 7 heteroatoms. The number of piperidine rings is 1. The predicted molar refractivity (Wildman–Crippen MR) is 111 cm³/mol. The van der Waals surface area contributed by atoms with Crippen molar-refractivity contribution in [2.24, 2.45) is 0 Å². The summed E-state index contributed by atoms with van der Waals surface area (Å²) in [4.78, 5) is 8.25. The second-order valence-electron chi connectivity index (χ2n) is 8.19. The van der Waals surface area contributed by atoms with Gasteiger partial charge in [-0.2, -0.15) is 0 Å². The monoisotopic (exact) mass is 393 g/mol. The van der Waals surface area contributed by atoms with Gasteiger partial charge in [0, 0.05) is 42.5 Å². The molecule has 1 aromatic carbocycles.